The van der Waals surface area contributed by atoms with Gasteiger partial charge in [0.05, 0.1) is 0 Å². The van der Waals surface area contributed by atoms with Crippen molar-refractivity contribution in [1.29, 1.82) is 0 Å². The Morgan fingerprint density at radius 3 is 2.19 bits per heavy atom. The SMILES string of the molecule is Cc1ccc2c(c1-c1ccccc1)C=C(C(C)(C)C)[CH]2[Zr+2]1[c]2cccc3c2[SiH]1c1ccccc1-3.[Cl-].[Cl-]. The summed E-state index contributed by atoms with van der Waals surface area (Å²) in [7, 11) is 0. The van der Waals surface area contributed by atoms with Crippen molar-refractivity contribution in [2.75, 3.05) is 0 Å². The first-order valence-corrected chi connectivity index (χ1v) is 21.1. The second-order valence-corrected chi connectivity index (χ2v) is 26.1. The summed E-state index contributed by atoms with van der Waals surface area (Å²) in [6.07, 6.45) is 2.62. The molecule has 0 bridgehead atoms. The van der Waals surface area contributed by atoms with E-state index in [4.69, 9.17) is 0 Å². The van der Waals surface area contributed by atoms with Crippen LogP contribution >= 0.6 is 0 Å². The standard InChI is InChI=1S/C20H21.C12H8Si.2ClH.Zr/c1-14-10-11-16-12-17(20(2,3)4)13-18(16)19(14)15-8-6-5-7-9-15;1-3-7-11-9(5-1)10-6-2-4-8-12(10)13-11;;;/h5-13H,1-4H3;1-7,13H;2*1H;/q;;;;+2/p-2. The van der Waals surface area contributed by atoms with Crippen molar-refractivity contribution in [3.05, 3.63) is 107 Å². The predicted octanol–water partition coefficient (Wildman–Crippen LogP) is -0.0701. The fraction of sp³-hybridized carbons (Fsp3) is 0.188. The molecule has 7 rings (SSSR count). The molecule has 2 aliphatic heterocycles. The van der Waals surface area contributed by atoms with Gasteiger partial charge in [-0.2, -0.15) is 0 Å². The average Bonchev–Trinajstić information content (AvgIpc) is 3.35. The molecule has 4 aromatic rings. The molecule has 3 aliphatic rings. The minimum atomic E-state index is -1.97. The molecular formula is C32H29Cl2SiZr. The van der Waals surface area contributed by atoms with E-state index >= 15 is 0 Å². The van der Waals surface area contributed by atoms with Gasteiger partial charge < -0.3 is 24.8 Å². The molecule has 0 amide bonds. The second kappa shape index (κ2) is 9.25. The Morgan fingerprint density at radius 1 is 0.750 bits per heavy atom. The van der Waals surface area contributed by atoms with E-state index < -0.39 is 26.8 Å². The van der Waals surface area contributed by atoms with Gasteiger partial charge in [0.25, 0.3) is 0 Å². The van der Waals surface area contributed by atoms with Crippen LogP contribution in [0.5, 0.6) is 0 Å². The summed E-state index contributed by atoms with van der Waals surface area (Å²) in [5.74, 6) is -1.07. The summed E-state index contributed by atoms with van der Waals surface area (Å²) in [5, 5.41) is 3.57. The maximum absolute atomic E-state index is 2.62. The summed E-state index contributed by atoms with van der Waals surface area (Å²) in [4.78, 5) is 0. The number of hydrogen-bond acceptors (Lipinski definition) is 0. The maximum Gasteiger partial charge on any atom is -1.00 e. The largest absolute Gasteiger partial charge is 1.00 e. The van der Waals surface area contributed by atoms with E-state index in [9.17, 15) is 0 Å². The smallest absolute Gasteiger partial charge is 1.00 e. The Hall–Kier alpha value is -1.70. The number of benzene rings is 4. The Balaban J connectivity index is 0.00000133. The number of fused-ring (bicyclic) bond motifs is 4. The minimum absolute atomic E-state index is 0. The molecule has 0 aromatic heterocycles. The topological polar surface area (TPSA) is 0 Å². The van der Waals surface area contributed by atoms with Crippen molar-refractivity contribution < 1.29 is 45.7 Å². The Morgan fingerprint density at radius 2 is 1.44 bits per heavy atom. The molecule has 2 atom stereocenters. The predicted molar refractivity (Wildman–Crippen MR) is 145 cm³/mol. The van der Waals surface area contributed by atoms with Crippen LogP contribution in [0.25, 0.3) is 28.3 Å². The third-order valence-corrected chi connectivity index (χ3v) is 30.4. The van der Waals surface area contributed by atoms with Gasteiger partial charge in [-0.3, -0.25) is 0 Å². The molecule has 4 aromatic carbocycles. The van der Waals surface area contributed by atoms with Crippen LogP contribution in [-0.2, 0) is 20.9 Å². The second-order valence-electron chi connectivity index (χ2n) is 11.2. The van der Waals surface area contributed by atoms with E-state index in [1.54, 1.807) is 27.5 Å². The van der Waals surface area contributed by atoms with Gasteiger partial charge in [-0.25, -0.2) is 0 Å². The zero-order valence-electron chi connectivity index (χ0n) is 21.1. The molecule has 1 aliphatic carbocycles. The van der Waals surface area contributed by atoms with E-state index in [2.05, 4.69) is 119 Å². The van der Waals surface area contributed by atoms with Crippen molar-refractivity contribution >= 4 is 25.6 Å². The summed E-state index contributed by atoms with van der Waals surface area (Å²) < 4.78 is 2.49. The van der Waals surface area contributed by atoms with Crippen LogP contribution in [0.4, 0.5) is 0 Å². The molecule has 4 heteroatoms. The summed E-state index contributed by atoms with van der Waals surface area (Å²) >= 11 is -1.97. The average molecular weight is 604 g/mol. The van der Waals surface area contributed by atoms with Crippen LogP contribution in [-0.4, -0.2) is 5.92 Å². The van der Waals surface area contributed by atoms with Crippen LogP contribution in [0.1, 0.15) is 41.1 Å². The normalized spacial score (nSPS) is 18.2. The fourth-order valence-corrected chi connectivity index (χ4v) is 33.3. The van der Waals surface area contributed by atoms with Gasteiger partial charge in [0.15, 0.2) is 0 Å². The van der Waals surface area contributed by atoms with Crippen molar-refractivity contribution in [2.24, 2.45) is 5.41 Å². The molecule has 0 fully saturated rings. The summed E-state index contributed by atoms with van der Waals surface area (Å²) in [6.45, 7) is 9.61. The first-order chi connectivity index (χ1) is 16.4. The molecule has 36 heavy (non-hydrogen) atoms. The number of halogens is 2. The molecule has 2 unspecified atom stereocenters. The van der Waals surface area contributed by atoms with Gasteiger partial charge in [0.1, 0.15) is 0 Å². The molecule has 0 saturated heterocycles. The number of aryl methyl sites for hydroxylation is 1. The first-order valence-electron chi connectivity index (χ1n) is 12.5. The van der Waals surface area contributed by atoms with Crippen molar-refractivity contribution in [2.45, 2.75) is 31.3 Å². The van der Waals surface area contributed by atoms with Gasteiger partial charge in [-0.05, 0) is 0 Å². The first kappa shape index (κ1) is 25.9. The van der Waals surface area contributed by atoms with Gasteiger partial charge in [-0.1, -0.05) is 0 Å². The quantitative estimate of drug-likeness (QED) is 0.282. The zero-order chi connectivity index (χ0) is 23.2. The van der Waals surface area contributed by atoms with Gasteiger partial charge in [0.2, 0.25) is 0 Å². The number of rotatable bonds is 2. The molecule has 2 heterocycles. The van der Waals surface area contributed by atoms with E-state index in [-0.39, 0.29) is 30.2 Å². The third-order valence-electron chi connectivity index (χ3n) is 8.23. The zero-order valence-corrected chi connectivity index (χ0v) is 26.2. The van der Waals surface area contributed by atoms with E-state index in [1.165, 1.54) is 22.3 Å². The number of hydrogen-bond donors (Lipinski definition) is 0. The third kappa shape index (κ3) is 3.56. The molecular weight excluding hydrogens is 575 g/mol. The van der Waals surface area contributed by atoms with E-state index in [0.29, 0.717) is 3.63 Å². The van der Waals surface area contributed by atoms with E-state index in [0.717, 1.165) is 0 Å². The fourth-order valence-electron chi connectivity index (χ4n) is 6.77. The van der Waals surface area contributed by atoms with E-state index in [1.807, 2.05) is 8.46 Å². The molecule has 0 nitrogen and oxygen atoms in total. The Kier molecular flexibility index (Phi) is 6.66. The Labute approximate surface area is 235 Å². The van der Waals surface area contributed by atoms with Crippen LogP contribution < -0.4 is 38.5 Å². The molecule has 0 spiro atoms. The van der Waals surface area contributed by atoms with Crippen molar-refractivity contribution in [3.63, 3.8) is 0 Å². The van der Waals surface area contributed by atoms with Crippen molar-refractivity contribution in [3.8, 4) is 22.3 Å². The van der Waals surface area contributed by atoms with Gasteiger partial charge in [0, 0.05) is 0 Å². The molecule has 0 N–H and O–H groups in total. The minimum Gasteiger partial charge on any atom is -1.00 e. The molecule has 0 saturated carbocycles. The van der Waals surface area contributed by atoms with Crippen LogP contribution in [0.3, 0.4) is 0 Å². The van der Waals surface area contributed by atoms with Gasteiger partial charge in [-0.15, -0.1) is 0 Å². The van der Waals surface area contributed by atoms with Gasteiger partial charge >= 0.3 is 213 Å². The number of allylic oxidation sites excluding steroid dienone is 1. The monoisotopic (exact) mass is 601 g/mol. The Bertz CT molecular complexity index is 1520. The van der Waals surface area contributed by atoms with Crippen LogP contribution in [0, 0.1) is 12.3 Å². The van der Waals surface area contributed by atoms with Crippen molar-refractivity contribution in [1.82, 2.24) is 0 Å². The maximum atomic E-state index is 2.62. The van der Waals surface area contributed by atoms with Crippen LogP contribution in [0.2, 0.25) is 0 Å². The molecule has 179 valence electrons. The summed E-state index contributed by atoms with van der Waals surface area (Å²) in [5.41, 5.74) is 12.4. The molecule has 0 radical (unpaired) electrons. The van der Waals surface area contributed by atoms with Crippen LogP contribution in [0.15, 0.2) is 90.5 Å². The summed E-state index contributed by atoms with van der Waals surface area (Å²) in [6, 6.07) is 32.6.